The van der Waals surface area contributed by atoms with Crippen LogP contribution >= 0.6 is 0 Å². The molecule has 2 N–H and O–H groups in total. The van der Waals surface area contributed by atoms with Gasteiger partial charge in [0, 0.05) is 24.6 Å². The van der Waals surface area contributed by atoms with Gasteiger partial charge in [-0.1, -0.05) is 20.3 Å². The summed E-state index contributed by atoms with van der Waals surface area (Å²) in [5.41, 5.74) is 5.49. The van der Waals surface area contributed by atoms with E-state index in [-0.39, 0.29) is 29.6 Å². The van der Waals surface area contributed by atoms with Gasteiger partial charge in [0.25, 0.3) is 0 Å². The lowest BCUT2D eigenvalue weighted by molar-refractivity contribution is -0.122. The van der Waals surface area contributed by atoms with Crippen molar-refractivity contribution in [3.05, 3.63) is 0 Å². The van der Waals surface area contributed by atoms with Gasteiger partial charge < -0.3 is 5.73 Å². The fourth-order valence-electron chi connectivity index (χ4n) is 1.63. The number of carbonyl (C=O) groups excluding carboxylic acids is 1. The molecule has 1 atom stereocenters. The van der Waals surface area contributed by atoms with Gasteiger partial charge in [0.15, 0.2) is 9.84 Å². The van der Waals surface area contributed by atoms with Crippen molar-refractivity contribution in [1.82, 2.24) is 0 Å². The van der Waals surface area contributed by atoms with E-state index in [4.69, 9.17) is 5.73 Å². The third kappa shape index (κ3) is 6.23. The fraction of sp³-hybridized carbons (Fsp3) is 0.909. The molecule has 0 aliphatic carbocycles. The molecule has 0 saturated heterocycles. The molecule has 0 fully saturated rings. The van der Waals surface area contributed by atoms with Gasteiger partial charge in [0.2, 0.25) is 0 Å². The first-order valence-corrected chi connectivity index (χ1v) is 7.72. The summed E-state index contributed by atoms with van der Waals surface area (Å²) in [6, 6.07) is 0. The smallest absolute Gasteiger partial charge is 0.150 e. The van der Waals surface area contributed by atoms with Crippen molar-refractivity contribution in [2.45, 2.75) is 39.5 Å². The van der Waals surface area contributed by atoms with Gasteiger partial charge in [0.1, 0.15) is 5.78 Å². The van der Waals surface area contributed by atoms with Crippen LogP contribution in [-0.4, -0.2) is 32.3 Å². The average Bonchev–Trinajstić information content (AvgIpc) is 2.22. The molecule has 96 valence electrons. The van der Waals surface area contributed by atoms with Crippen LogP contribution in [0, 0.1) is 5.92 Å². The molecule has 16 heavy (non-hydrogen) atoms. The van der Waals surface area contributed by atoms with E-state index >= 15 is 0 Å². The van der Waals surface area contributed by atoms with Crippen LogP contribution in [0.4, 0.5) is 0 Å². The minimum absolute atomic E-state index is 0.0102. The Labute approximate surface area is 98.5 Å². The second-order valence-electron chi connectivity index (χ2n) is 4.09. The molecule has 0 bridgehead atoms. The highest BCUT2D eigenvalue weighted by Crippen LogP contribution is 2.09. The third-order valence-electron chi connectivity index (χ3n) is 2.55. The minimum atomic E-state index is -3.05. The van der Waals surface area contributed by atoms with Crippen LogP contribution < -0.4 is 5.73 Å². The number of hydrogen-bond donors (Lipinski definition) is 1. The molecule has 0 aromatic rings. The zero-order valence-corrected chi connectivity index (χ0v) is 11.1. The number of hydrogen-bond acceptors (Lipinski definition) is 4. The number of rotatable bonds is 9. The summed E-state index contributed by atoms with van der Waals surface area (Å²) in [4.78, 5) is 11.7. The van der Waals surface area contributed by atoms with Gasteiger partial charge in [0.05, 0.1) is 5.75 Å². The van der Waals surface area contributed by atoms with E-state index in [1.54, 1.807) is 0 Å². The highest BCUT2D eigenvalue weighted by atomic mass is 32.2. The van der Waals surface area contributed by atoms with Gasteiger partial charge >= 0.3 is 0 Å². The average molecular weight is 249 g/mol. The Hall–Kier alpha value is -0.420. The van der Waals surface area contributed by atoms with Crippen LogP contribution in [0.25, 0.3) is 0 Å². The van der Waals surface area contributed by atoms with Gasteiger partial charge in [-0.3, -0.25) is 4.79 Å². The predicted molar refractivity (Wildman–Crippen MR) is 66.0 cm³/mol. The molecular weight excluding hydrogens is 226 g/mol. The van der Waals surface area contributed by atoms with Crippen molar-refractivity contribution in [2.75, 3.05) is 18.1 Å². The third-order valence-corrected chi connectivity index (χ3v) is 4.41. The lowest BCUT2D eigenvalue weighted by Crippen LogP contribution is -2.25. The molecule has 5 heteroatoms. The molecule has 0 saturated carbocycles. The Bertz CT molecular complexity index is 298. The maximum Gasteiger partial charge on any atom is 0.150 e. The monoisotopic (exact) mass is 249 g/mol. The van der Waals surface area contributed by atoms with Gasteiger partial charge in [-0.05, 0) is 12.8 Å². The first-order chi connectivity index (χ1) is 7.46. The summed E-state index contributed by atoms with van der Waals surface area (Å²) in [7, 11) is -3.05. The lowest BCUT2D eigenvalue weighted by Gasteiger charge is -2.12. The molecule has 0 amide bonds. The zero-order valence-electron chi connectivity index (χ0n) is 10.2. The van der Waals surface area contributed by atoms with E-state index in [0.717, 1.165) is 12.8 Å². The largest absolute Gasteiger partial charge is 0.330 e. The molecule has 0 aliphatic rings. The summed E-state index contributed by atoms with van der Waals surface area (Å²) in [5.74, 6) is -0.0350. The molecule has 0 heterocycles. The van der Waals surface area contributed by atoms with Crippen LogP contribution in [0.15, 0.2) is 0 Å². The number of sulfone groups is 1. The van der Waals surface area contributed by atoms with E-state index in [0.29, 0.717) is 13.0 Å². The summed E-state index contributed by atoms with van der Waals surface area (Å²) in [6.45, 7) is 4.13. The van der Waals surface area contributed by atoms with E-state index in [2.05, 4.69) is 0 Å². The number of nitrogens with two attached hydrogens (primary N) is 1. The van der Waals surface area contributed by atoms with Crippen molar-refractivity contribution < 1.29 is 13.2 Å². The molecule has 4 nitrogen and oxygen atoms in total. The first-order valence-electron chi connectivity index (χ1n) is 5.90. The topological polar surface area (TPSA) is 77.2 Å². The van der Waals surface area contributed by atoms with E-state index in [9.17, 15) is 13.2 Å². The Morgan fingerprint density at radius 1 is 1.19 bits per heavy atom. The highest BCUT2D eigenvalue weighted by molar-refractivity contribution is 7.91. The molecular formula is C11H23NO3S. The summed E-state index contributed by atoms with van der Waals surface area (Å²) < 4.78 is 22.8. The van der Waals surface area contributed by atoms with Gasteiger partial charge in [-0.15, -0.1) is 0 Å². The number of Topliss-reactive ketones (excluding diaryl/α,β-unsaturated/α-hetero) is 1. The molecule has 1 unspecified atom stereocenters. The molecule has 0 radical (unpaired) electrons. The predicted octanol–water partition coefficient (Wildman–Crippen LogP) is 1.15. The van der Waals surface area contributed by atoms with Crippen LogP contribution in [-0.2, 0) is 14.6 Å². The normalized spacial score (nSPS) is 13.7. The summed E-state index contributed by atoms with van der Waals surface area (Å²) in [5, 5.41) is 0. The Morgan fingerprint density at radius 2 is 1.81 bits per heavy atom. The van der Waals surface area contributed by atoms with Gasteiger partial charge in [-0.2, -0.15) is 0 Å². The maximum absolute atomic E-state index is 11.7. The van der Waals surface area contributed by atoms with E-state index < -0.39 is 9.84 Å². The molecule has 0 aliphatic heterocycles. The Morgan fingerprint density at radius 3 is 2.25 bits per heavy atom. The number of carbonyl (C=O) groups is 1. The second-order valence-corrected chi connectivity index (χ2v) is 6.39. The van der Waals surface area contributed by atoms with Crippen molar-refractivity contribution in [1.29, 1.82) is 0 Å². The lowest BCUT2D eigenvalue weighted by atomic mass is 9.97. The van der Waals surface area contributed by atoms with Crippen LogP contribution in [0.5, 0.6) is 0 Å². The SMILES string of the molecule is CCCC(CN)C(=O)CCS(=O)(=O)CCC. The van der Waals surface area contributed by atoms with Crippen molar-refractivity contribution in [3.8, 4) is 0 Å². The quantitative estimate of drug-likeness (QED) is 0.665. The molecule has 0 rings (SSSR count). The van der Waals surface area contributed by atoms with Gasteiger partial charge in [-0.25, -0.2) is 8.42 Å². The summed E-state index contributed by atoms with van der Waals surface area (Å²) in [6.07, 6.45) is 2.37. The standard InChI is InChI=1S/C11H23NO3S/c1-3-5-10(9-12)11(13)6-8-16(14,15)7-4-2/h10H,3-9,12H2,1-2H3. The summed E-state index contributed by atoms with van der Waals surface area (Å²) >= 11 is 0. The van der Waals surface area contributed by atoms with Crippen LogP contribution in [0.2, 0.25) is 0 Å². The Balaban J connectivity index is 4.14. The van der Waals surface area contributed by atoms with Crippen LogP contribution in [0.3, 0.4) is 0 Å². The maximum atomic E-state index is 11.7. The van der Waals surface area contributed by atoms with Crippen LogP contribution in [0.1, 0.15) is 39.5 Å². The first kappa shape index (κ1) is 15.6. The zero-order chi connectivity index (χ0) is 12.6. The van der Waals surface area contributed by atoms with Crippen molar-refractivity contribution in [2.24, 2.45) is 11.7 Å². The Kier molecular flexibility index (Phi) is 7.58. The highest BCUT2D eigenvalue weighted by Gasteiger charge is 2.18. The van der Waals surface area contributed by atoms with E-state index in [1.165, 1.54) is 0 Å². The van der Waals surface area contributed by atoms with Crippen molar-refractivity contribution >= 4 is 15.6 Å². The minimum Gasteiger partial charge on any atom is -0.330 e. The molecule has 0 aromatic carbocycles. The molecule has 0 spiro atoms. The van der Waals surface area contributed by atoms with Crippen molar-refractivity contribution in [3.63, 3.8) is 0 Å². The second kappa shape index (κ2) is 7.79. The number of ketones is 1. The molecule has 0 aromatic heterocycles. The van der Waals surface area contributed by atoms with E-state index in [1.807, 2.05) is 13.8 Å². The fourth-order valence-corrected chi connectivity index (χ4v) is 2.97.